The van der Waals surface area contributed by atoms with E-state index in [1.165, 1.54) is 71.2 Å². The number of nitrogens with zero attached hydrogens (tertiary/aromatic N) is 1. The first-order chi connectivity index (χ1) is 26.7. The maximum Gasteiger partial charge on any atom is 0.137 e. The lowest BCUT2D eigenvalue weighted by Gasteiger charge is -2.61. The zero-order valence-corrected chi connectivity index (χ0v) is 30.3. The van der Waals surface area contributed by atoms with Crippen LogP contribution in [0.25, 0.3) is 55.3 Å². The summed E-state index contributed by atoms with van der Waals surface area (Å²) in [5, 5.41) is 2.30. The zero-order chi connectivity index (χ0) is 35.4. The van der Waals surface area contributed by atoms with Crippen LogP contribution >= 0.6 is 0 Å². The minimum Gasteiger partial charge on any atom is -0.456 e. The highest BCUT2D eigenvalue weighted by molar-refractivity contribution is 6.06. The highest BCUT2D eigenvalue weighted by Crippen LogP contribution is 2.70. The third-order valence-electron chi connectivity index (χ3n) is 13.8. The highest BCUT2D eigenvalue weighted by Gasteiger charge is 2.61. The van der Waals surface area contributed by atoms with E-state index in [1.807, 2.05) is 0 Å². The van der Waals surface area contributed by atoms with Gasteiger partial charge in [0.05, 0.1) is 0 Å². The van der Waals surface area contributed by atoms with E-state index < -0.39 is 0 Å². The van der Waals surface area contributed by atoms with E-state index in [1.54, 1.807) is 11.1 Å². The average molecular weight is 696 g/mol. The minimum atomic E-state index is 0.0899. The molecular formula is C52H41NO. The van der Waals surface area contributed by atoms with Gasteiger partial charge in [0.25, 0.3) is 0 Å². The van der Waals surface area contributed by atoms with Crippen molar-refractivity contribution in [2.75, 3.05) is 4.90 Å². The molecule has 7 aromatic carbocycles. The minimum absolute atomic E-state index is 0.0899. The molecule has 2 heteroatoms. The molecule has 4 bridgehead atoms. The van der Waals surface area contributed by atoms with Gasteiger partial charge < -0.3 is 9.32 Å². The van der Waals surface area contributed by atoms with Crippen LogP contribution in [0.15, 0.2) is 168 Å². The zero-order valence-electron chi connectivity index (χ0n) is 30.3. The lowest BCUT2D eigenvalue weighted by atomic mass is 9.43. The Morgan fingerprint density at radius 2 is 1.06 bits per heavy atom. The van der Waals surface area contributed by atoms with E-state index >= 15 is 0 Å². The molecule has 0 unspecified atom stereocenters. The Labute approximate surface area is 316 Å². The number of anilines is 3. The molecule has 1 spiro atoms. The van der Waals surface area contributed by atoms with Gasteiger partial charge in [0.1, 0.15) is 11.2 Å². The van der Waals surface area contributed by atoms with E-state index in [2.05, 4.69) is 169 Å². The summed E-state index contributed by atoms with van der Waals surface area (Å²) in [6.45, 7) is 0. The molecule has 5 aliphatic rings. The van der Waals surface area contributed by atoms with Crippen molar-refractivity contribution in [2.45, 2.75) is 37.5 Å². The Kier molecular flexibility index (Phi) is 6.55. The van der Waals surface area contributed by atoms with Gasteiger partial charge in [-0.25, -0.2) is 0 Å². The number of para-hydroxylation sites is 1. The molecule has 54 heavy (non-hydrogen) atoms. The molecule has 2 nitrogen and oxygen atoms in total. The van der Waals surface area contributed by atoms with Crippen LogP contribution in [0.4, 0.5) is 17.1 Å². The molecular weight excluding hydrogens is 655 g/mol. The first-order valence-electron chi connectivity index (χ1n) is 19.9. The quantitative estimate of drug-likeness (QED) is 0.178. The number of hydrogen-bond donors (Lipinski definition) is 0. The molecule has 4 saturated carbocycles. The molecule has 0 saturated heterocycles. The van der Waals surface area contributed by atoms with Gasteiger partial charge in [0, 0.05) is 39.3 Å². The predicted molar refractivity (Wildman–Crippen MR) is 223 cm³/mol. The van der Waals surface area contributed by atoms with Crippen molar-refractivity contribution in [1.29, 1.82) is 0 Å². The summed E-state index contributed by atoms with van der Waals surface area (Å²) in [6.07, 6.45) is 6.95. The number of hydrogen-bond acceptors (Lipinski definition) is 2. The summed E-state index contributed by atoms with van der Waals surface area (Å²) >= 11 is 0. The van der Waals surface area contributed by atoms with Crippen LogP contribution in [-0.2, 0) is 5.41 Å². The van der Waals surface area contributed by atoms with Crippen molar-refractivity contribution < 1.29 is 4.42 Å². The van der Waals surface area contributed by atoms with Gasteiger partial charge in [-0.1, -0.05) is 115 Å². The van der Waals surface area contributed by atoms with Crippen molar-refractivity contribution >= 4 is 39.0 Å². The fraction of sp³-hybridized carbons (Fsp3) is 0.192. The first-order valence-corrected chi connectivity index (χ1v) is 19.9. The maximum atomic E-state index is 6.50. The van der Waals surface area contributed by atoms with Crippen LogP contribution in [0.5, 0.6) is 0 Å². The van der Waals surface area contributed by atoms with Gasteiger partial charge in [-0.2, -0.15) is 0 Å². The van der Waals surface area contributed by atoms with Crippen LogP contribution < -0.4 is 4.90 Å². The predicted octanol–water partition coefficient (Wildman–Crippen LogP) is 14.1. The number of rotatable bonds is 5. The molecule has 4 fully saturated rings. The lowest BCUT2D eigenvalue weighted by Crippen LogP contribution is -2.55. The third-order valence-corrected chi connectivity index (χ3v) is 13.8. The molecule has 13 rings (SSSR count). The smallest absolute Gasteiger partial charge is 0.137 e. The van der Waals surface area contributed by atoms with Crippen molar-refractivity contribution in [2.24, 2.45) is 23.7 Å². The fourth-order valence-electron chi connectivity index (χ4n) is 12.0. The summed E-state index contributed by atoms with van der Waals surface area (Å²) in [7, 11) is 0. The molecule has 0 atom stereocenters. The van der Waals surface area contributed by atoms with Gasteiger partial charge in [-0.05, 0) is 143 Å². The number of fused-ring (bicyclic) bond motifs is 6. The number of benzene rings is 7. The van der Waals surface area contributed by atoms with Gasteiger partial charge in [-0.15, -0.1) is 0 Å². The van der Waals surface area contributed by atoms with Crippen molar-refractivity contribution in [3.8, 4) is 33.4 Å². The first kappa shape index (κ1) is 30.6. The van der Waals surface area contributed by atoms with E-state index in [4.69, 9.17) is 4.42 Å². The highest BCUT2D eigenvalue weighted by atomic mass is 16.3. The summed E-state index contributed by atoms with van der Waals surface area (Å²) < 4.78 is 6.50. The SMILES string of the molecule is c1ccc(-c2cccc(N(c3ccc4c(c3)-c3c(-c5ccccc5)cccc3C43C4CC5CC(C4)CC3C5)c3ccc4c(c3)oc3ccccc34)c2)cc1. The second-order valence-corrected chi connectivity index (χ2v) is 16.5. The Bertz CT molecular complexity index is 2710. The van der Waals surface area contributed by atoms with E-state index in [0.717, 1.165) is 45.1 Å². The second-order valence-electron chi connectivity index (χ2n) is 16.5. The summed E-state index contributed by atoms with van der Waals surface area (Å²) in [5.41, 5.74) is 16.4. The Morgan fingerprint density at radius 3 is 1.85 bits per heavy atom. The molecule has 0 radical (unpaired) electrons. The van der Waals surface area contributed by atoms with Crippen LogP contribution in [0.3, 0.4) is 0 Å². The maximum absolute atomic E-state index is 6.50. The van der Waals surface area contributed by atoms with Crippen molar-refractivity contribution in [3.05, 3.63) is 175 Å². The van der Waals surface area contributed by atoms with Crippen LogP contribution in [0, 0.1) is 23.7 Å². The molecule has 260 valence electrons. The summed E-state index contributed by atoms with van der Waals surface area (Å²) in [5.74, 6) is 3.23. The fourth-order valence-corrected chi connectivity index (χ4v) is 12.0. The molecule has 0 aliphatic heterocycles. The Morgan fingerprint density at radius 1 is 0.426 bits per heavy atom. The van der Waals surface area contributed by atoms with E-state index in [0.29, 0.717) is 11.8 Å². The Hall–Kier alpha value is -5.86. The second kappa shape index (κ2) is 11.6. The number of furan rings is 1. The summed E-state index contributed by atoms with van der Waals surface area (Å²) in [6, 6.07) is 60.7. The van der Waals surface area contributed by atoms with Gasteiger partial charge in [-0.3, -0.25) is 0 Å². The topological polar surface area (TPSA) is 16.4 Å². The molecule has 1 aromatic heterocycles. The van der Waals surface area contributed by atoms with Gasteiger partial charge in [0.2, 0.25) is 0 Å². The standard InChI is InChI=1S/C52H41NO/c1-3-11-35(12-4-1)37-15-9-16-40(30-37)53(42-21-23-45-44-17-7-8-20-49(44)54-50(45)32-42)41-22-24-47-46(31-41)51-43(36-13-5-2-6-14-36)18-10-19-48(51)52(47)38-26-33-25-34(28-38)29-39(52)27-33/h1-24,30-34,38-39H,25-29H2. The normalized spacial score (nSPS) is 23.3. The molecule has 0 amide bonds. The molecule has 1 heterocycles. The van der Waals surface area contributed by atoms with E-state index in [9.17, 15) is 0 Å². The van der Waals surface area contributed by atoms with Crippen LogP contribution in [-0.4, -0.2) is 0 Å². The third kappa shape index (κ3) is 4.34. The lowest BCUT2D eigenvalue weighted by molar-refractivity contribution is -0.0399. The van der Waals surface area contributed by atoms with Crippen molar-refractivity contribution in [3.63, 3.8) is 0 Å². The average Bonchev–Trinajstić information content (AvgIpc) is 3.74. The summed E-state index contributed by atoms with van der Waals surface area (Å²) in [4.78, 5) is 2.45. The molecule has 5 aliphatic carbocycles. The molecule has 0 N–H and O–H groups in total. The van der Waals surface area contributed by atoms with Crippen LogP contribution in [0.1, 0.15) is 43.2 Å². The Balaban J connectivity index is 1.10. The van der Waals surface area contributed by atoms with Crippen LogP contribution in [0.2, 0.25) is 0 Å². The monoisotopic (exact) mass is 695 g/mol. The van der Waals surface area contributed by atoms with E-state index in [-0.39, 0.29) is 5.41 Å². The molecule has 8 aromatic rings. The van der Waals surface area contributed by atoms with Gasteiger partial charge in [0.15, 0.2) is 0 Å². The van der Waals surface area contributed by atoms with Gasteiger partial charge >= 0.3 is 0 Å². The largest absolute Gasteiger partial charge is 0.456 e. The van der Waals surface area contributed by atoms with Crippen molar-refractivity contribution in [1.82, 2.24) is 0 Å².